The highest BCUT2D eigenvalue weighted by Gasteiger charge is 2.59. The van der Waals surface area contributed by atoms with Crippen LogP contribution in [0.4, 0.5) is 0 Å². The first-order valence-corrected chi connectivity index (χ1v) is 12.9. The van der Waals surface area contributed by atoms with Gasteiger partial charge in [-0.15, -0.1) is 0 Å². The van der Waals surface area contributed by atoms with Crippen molar-refractivity contribution in [2.75, 3.05) is 13.2 Å². The minimum absolute atomic E-state index is 0.0804. The van der Waals surface area contributed by atoms with Crippen LogP contribution in [-0.4, -0.2) is 59.4 Å². The summed E-state index contributed by atoms with van der Waals surface area (Å²) >= 11 is 0. The van der Waals surface area contributed by atoms with Crippen molar-refractivity contribution >= 4 is 29.8 Å². The van der Waals surface area contributed by atoms with Crippen molar-refractivity contribution in [3.05, 3.63) is 36.0 Å². The number of hydrogen-bond acceptors (Lipinski definition) is 8. The third-order valence-electron chi connectivity index (χ3n) is 8.30. The molecule has 1 heterocycles. The van der Waals surface area contributed by atoms with Gasteiger partial charge in [0, 0.05) is 11.3 Å². The van der Waals surface area contributed by atoms with Crippen LogP contribution in [0.15, 0.2) is 36.0 Å². The monoisotopic (exact) mass is 532 g/mol. The molecule has 10 heteroatoms. The van der Waals surface area contributed by atoms with Crippen LogP contribution in [0.3, 0.4) is 0 Å². The van der Waals surface area contributed by atoms with Crippen molar-refractivity contribution in [2.45, 2.75) is 71.3 Å². The van der Waals surface area contributed by atoms with Crippen molar-refractivity contribution in [2.24, 2.45) is 22.7 Å². The number of carboxylic acid groups (broad SMARTS) is 2. The topological polar surface area (TPSA) is 154 Å². The van der Waals surface area contributed by atoms with Gasteiger partial charge in [-0.05, 0) is 43.1 Å². The average Bonchev–Trinajstić information content (AvgIpc) is 3.26. The number of aliphatic carboxylic acids is 2. The number of ether oxygens (including phenoxy) is 3. The molecule has 0 saturated heterocycles. The Bertz CT molecular complexity index is 1060. The second-order valence-corrected chi connectivity index (χ2v) is 10.8. The minimum Gasteiger partial charge on any atom is -0.481 e. The summed E-state index contributed by atoms with van der Waals surface area (Å²) in [5.74, 6) is -4.05. The summed E-state index contributed by atoms with van der Waals surface area (Å²) < 4.78 is 16.4. The van der Waals surface area contributed by atoms with Gasteiger partial charge in [0.25, 0.3) is 0 Å². The van der Waals surface area contributed by atoms with E-state index in [1.807, 2.05) is 13.0 Å². The quantitative estimate of drug-likeness (QED) is 0.229. The number of esters is 3. The molecule has 10 nitrogen and oxygen atoms in total. The Kier molecular flexibility index (Phi) is 9.17. The Hall–Kier alpha value is -3.43. The molecule has 38 heavy (non-hydrogen) atoms. The zero-order valence-electron chi connectivity index (χ0n) is 21.9. The van der Waals surface area contributed by atoms with Crippen molar-refractivity contribution < 1.29 is 48.4 Å². The highest BCUT2D eigenvalue weighted by Crippen LogP contribution is 2.62. The molecule has 0 spiro atoms. The van der Waals surface area contributed by atoms with Crippen LogP contribution < -0.4 is 0 Å². The van der Waals surface area contributed by atoms with E-state index >= 15 is 0 Å². The van der Waals surface area contributed by atoms with Gasteiger partial charge in [0.1, 0.15) is 19.3 Å². The average molecular weight is 533 g/mol. The van der Waals surface area contributed by atoms with Gasteiger partial charge in [0.2, 0.25) is 0 Å². The molecule has 0 bridgehead atoms. The van der Waals surface area contributed by atoms with E-state index in [-0.39, 0.29) is 62.1 Å². The molecule has 3 rings (SSSR count). The van der Waals surface area contributed by atoms with Gasteiger partial charge in [0.15, 0.2) is 0 Å². The molecule has 2 saturated carbocycles. The van der Waals surface area contributed by atoms with Crippen molar-refractivity contribution in [1.29, 1.82) is 0 Å². The summed E-state index contributed by atoms with van der Waals surface area (Å²) in [4.78, 5) is 58.6. The summed E-state index contributed by atoms with van der Waals surface area (Å²) in [5, 5.41) is 17.8. The van der Waals surface area contributed by atoms with Crippen LogP contribution in [0.1, 0.15) is 65.2 Å². The van der Waals surface area contributed by atoms with Crippen LogP contribution in [0.2, 0.25) is 0 Å². The predicted octanol–water partition coefficient (Wildman–Crippen LogP) is 3.60. The standard InChI is InChI=1S/C28H36O10/c1-17-4-7-20-27(2,19(17)6-5-18-13-15-36-26(18)35)14-12-21(38-25(34)11-9-23(31)32)28(20,3)16-37-24(33)10-8-22(29)30/h5-6,13,19-21H,1,4,7-12,14-16H2,2-3H3,(H,29,30)(H,31,32)/b6-5+/t19-,20-,21+,27+,28+/m0/s1. The number of allylic oxidation sites excluding steroid dienone is 2. The fraction of sp³-hybridized carbons (Fsp3) is 0.607. The Labute approximate surface area is 221 Å². The summed E-state index contributed by atoms with van der Waals surface area (Å²) in [6, 6.07) is 0. The van der Waals surface area contributed by atoms with Crippen molar-refractivity contribution in [3.63, 3.8) is 0 Å². The van der Waals surface area contributed by atoms with E-state index in [2.05, 4.69) is 13.5 Å². The zero-order chi connectivity index (χ0) is 28.1. The zero-order valence-corrected chi connectivity index (χ0v) is 21.9. The van der Waals surface area contributed by atoms with Crippen LogP contribution in [-0.2, 0) is 38.2 Å². The Balaban J connectivity index is 1.88. The van der Waals surface area contributed by atoms with Crippen LogP contribution in [0.25, 0.3) is 0 Å². The van der Waals surface area contributed by atoms with E-state index in [0.29, 0.717) is 31.3 Å². The normalized spacial score (nSPS) is 30.8. The third-order valence-corrected chi connectivity index (χ3v) is 8.30. The maximum Gasteiger partial charge on any atom is 0.338 e. The molecule has 0 aromatic heterocycles. The SMILES string of the molecule is C=C1CC[C@H]2[C@](C)(CC[C@@H](OC(=O)CCC(=O)O)[C@]2(C)COC(=O)CCC(=O)O)[C@H]1/C=C/C1=CCOC1=O. The maximum atomic E-state index is 12.5. The lowest BCUT2D eigenvalue weighted by Gasteiger charge is -2.59. The van der Waals surface area contributed by atoms with E-state index in [9.17, 15) is 24.0 Å². The second-order valence-electron chi connectivity index (χ2n) is 10.8. The maximum absolute atomic E-state index is 12.5. The molecular formula is C28H36O10. The summed E-state index contributed by atoms with van der Waals surface area (Å²) in [6.07, 6.45) is 6.10. The molecule has 0 amide bonds. The van der Waals surface area contributed by atoms with Crippen molar-refractivity contribution in [1.82, 2.24) is 0 Å². The first-order valence-electron chi connectivity index (χ1n) is 12.9. The van der Waals surface area contributed by atoms with E-state index < -0.39 is 35.4 Å². The predicted molar refractivity (Wildman–Crippen MR) is 134 cm³/mol. The highest BCUT2D eigenvalue weighted by molar-refractivity contribution is 5.93. The Morgan fingerprint density at radius 3 is 2.34 bits per heavy atom. The lowest BCUT2D eigenvalue weighted by molar-refractivity contribution is -0.192. The van der Waals surface area contributed by atoms with Crippen molar-refractivity contribution in [3.8, 4) is 0 Å². The number of rotatable bonds is 11. The molecule has 0 unspecified atom stereocenters. The summed E-state index contributed by atoms with van der Waals surface area (Å²) in [5.41, 5.74) is 0.328. The van der Waals surface area contributed by atoms with Gasteiger partial charge >= 0.3 is 29.8 Å². The molecular weight excluding hydrogens is 496 g/mol. The third kappa shape index (κ3) is 6.52. The Morgan fingerprint density at radius 1 is 1.08 bits per heavy atom. The van der Waals surface area contributed by atoms with Gasteiger partial charge in [-0.25, -0.2) is 4.79 Å². The molecule has 2 N–H and O–H groups in total. The molecule has 208 valence electrons. The molecule has 1 aliphatic heterocycles. The minimum atomic E-state index is -1.11. The molecule has 0 radical (unpaired) electrons. The Morgan fingerprint density at radius 2 is 1.74 bits per heavy atom. The van der Waals surface area contributed by atoms with Gasteiger partial charge in [-0.3, -0.25) is 19.2 Å². The number of carboxylic acids is 2. The fourth-order valence-electron chi connectivity index (χ4n) is 6.30. The molecule has 0 aromatic carbocycles. The molecule has 2 aliphatic carbocycles. The van der Waals surface area contributed by atoms with E-state index in [1.165, 1.54) is 0 Å². The second kappa shape index (κ2) is 12.0. The van der Waals surface area contributed by atoms with Gasteiger partial charge in [0.05, 0.1) is 31.3 Å². The molecule has 5 atom stereocenters. The van der Waals surface area contributed by atoms with Gasteiger partial charge < -0.3 is 24.4 Å². The number of hydrogen-bond donors (Lipinski definition) is 2. The van der Waals surface area contributed by atoms with Gasteiger partial charge in [-0.2, -0.15) is 0 Å². The largest absolute Gasteiger partial charge is 0.481 e. The summed E-state index contributed by atoms with van der Waals surface area (Å²) in [6.45, 7) is 8.49. The molecule has 0 aromatic rings. The first kappa shape index (κ1) is 29.1. The lowest BCUT2D eigenvalue weighted by Crippen LogP contribution is -2.58. The fourth-order valence-corrected chi connectivity index (χ4v) is 6.30. The number of carbonyl (C=O) groups is 5. The van der Waals surface area contributed by atoms with E-state index in [0.717, 1.165) is 5.57 Å². The lowest BCUT2D eigenvalue weighted by atomic mass is 9.46. The van der Waals surface area contributed by atoms with E-state index in [4.69, 9.17) is 24.4 Å². The highest BCUT2D eigenvalue weighted by atomic mass is 16.6. The number of carbonyl (C=O) groups excluding carboxylic acids is 3. The van der Waals surface area contributed by atoms with Crippen LogP contribution in [0, 0.1) is 22.7 Å². The van der Waals surface area contributed by atoms with Crippen LogP contribution in [0.5, 0.6) is 0 Å². The van der Waals surface area contributed by atoms with Crippen LogP contribution >= 0.6 is 0 Å². The summed E-state index contributed by atoms with van der Waals surface area (Å²) in [7, 11) is 0. The number of fused-ring (bicyclic) bond motifs is 1. The molecule has 2 fully saturated rings. The molecule has 3 aliphatic rings. The van der Waals surface area contributed by atoms with Gasteiger partial charge in [-0.1, -0.05) is 38.2 Å². The number of cyclic esters (lactones) is 1. The first-order chi connectivity index (χ1) is 17.9. The van der Waals surface area contributed by atoms with E-state index in [1.54, 1.807) is 12.2 Å². The smallest absolute Gasteiger partial charge is 0.338 e.